The van der Waals surface area contributed by atoms with Crippen LogP contribution in [0.25, 0.3) is 0 Å². The van der Waals surface area contributed by atoms with Gasteiger partial charge >= 0.3 is 12.4 Å². The van der Waals surface area contributed by atoms with Gasteiger partial charge in [-0.25, -0.2) is 13.1 Å². The van der Waals surface area contributed by atoms with Gasteiger partial charge in [-0.15, -0.1) is 0 Å². The van der Waals surface area contributed by atoms with E-state index >= 15 is 0 Å². The van der Waals surface area contributed by atoms with E-state index in [-0.39, 0.29) is 5.56 Å². The fourth-order valence-electron chi connectivity index (χ4n) is 2.37. The van der Waals surface area contributed by atoms with Gasteiger partial charge in [-0.3, -0.25) is 4.98 Å². The number of nitrogens with zero attached hydrogens (tertiary/aromatic N) is 1. The molecule has 0 aliphatic rings. The van der Waals surface area contributed by atoms with Gasteiger partial charge in [0.05, 0.1) is 27.6 Å². The van der Waals surface area contributed by atoms with Crippen molar-refractivity contribution < 1.29 is 34.8 Å². The Morgan fingerprint density at radius 2 is 1.45 bits per heavy atom. The second-order valence-corrected chi connectivity index (χ2v) is 9.69. The maximum absolute atomic E-state index is 13.4. The molecule has 0 radical (unpaired) electrons. The first kappa shape index (κ1) is 23.1. The predicted molar refractivity (Wildman–Crippen MR) is 94.3 cm³/mol. The molecule has 160 valence electrons. The number of hydrogen-bond acceptors (Lipinski definition) is 3. The van der Waals surface area contributed by atoms with E-state index in [0.717, 1.165) is 30.5 Å². The zero-order valence-corrected chi connectivity index (χ0v) is 16.4. The molecule has 0 aliphatic heterocycles. The molecule has 2 rings (SSSR count). The van der Waals surface area contributed by atoms with Gasteiger partial charge < -0.3 is 0 Å². The van der Waals surface area contributed by atoms with E-state index in [1.54, 1.807) is 0 Å². The molecule has 1 heterocycles. The number of pyridine rings is 1. The molecule has 0 amide bonds. The summed E-state index contributed by atoms with van der Waals surface area (Å²) in [6.07, 6.45) is -8.45. The summed E-state index contributed by atoms with van der Waals surface area (Å²) in [5.74, 6) is 0. The van der Waals surface area contributed by atoms with Crippen molar-refractivity contribution in [3.8, 4) is 0 Å². The number of sulfonamides is 1. The fraction of sp³-hybridized carbons (Fsp3) is 0.389. The number of rotatable bonds is 4. The van der Waals surface area contributed by atoms with Gasteiger partial charge in [0.25, 0.3) is 0 Å². The maximum Gasteiger partial charge on any atom is 0.418 e. The number of nitrogens with one attached hydrogen (secondary N) is 1. The Labute approximate surface area is 164 Å². The highest BCUT2D eigenvalue weighted by Crippen LogP contribution is 2.37. The summed E-state index contributed by atoms with van der Waals surface area (Å²) in [5.41, 5.74) is -2.99. The van der Waals surface area contributed by atoms with E-state index in [0.29, 0.717) is 12.1 Å². The minimum atomic E-state index is -4.85. The van der Waals surface area contributed by atoms with Crippen LogP contribution in [-0.4, -0.2) is 18.1 Å². The molecular weight excluding hydrogens is 422 g/mol. The molecule has 0 unspecified atom stereocenters. The van der Waals surface area contributed by atoms with Gasteiger partial charge in [-0.05, 0) is 50.6 Å². The Morgan fingerprint density at radius 3 is 1.90 bits per heavy atom. The molecule has 1 aromatic heterocycles. The monoisotopic (exact) mass is 440 g/mol. The van der Waals surface area contributed by atoms with Gasteiger partial charge in [-0.2, -0.15) is 26.3 Å². The van der Waals surface area contributed by atoms with Crippen LogP contribution in [-0.2, 0) is 22.4 Å². The number of halogens is 6. The fourth-order valence-corrected chi connectivity index (χ4v) is 3.28. The lowest BCUT2D eigenvalue weighted by Crippen LogP contribution is -2.42. The van der Waals surface area contributed by atoms with Crippen molar-refractivity contribution in [1.82, 2.24) is 9.71 Å². The van der Waals surface area contributed by atoms with Crippen LogP contribution in [0, 0.1) is 0 Å². The van der Waals surface area contributed by atoms with Crippen molar-refractivity contribution in [1.29, 1.82) is 0 Å². The van der Waals surface area contributed by atoms with E-state index in [4.69, 9.17) is 0 Å². The molecule has 1 N–H and O–H groups in total. The van der Waals surface area contributed by atoms with Crippen molar-refractivity contribution in [3.63, 3.8) is 0 Å². The van der Waals surface area contributed by atoms with Crippen molar-refractivity contribution in [2.75, 3.05) is 0 Å². The largest absolute Gasteiger partial charge is 0.418 e. The first-order valence-electron chi connectivity index (χ1n) is 8.25. The highest BCUT2D eigenvalue weighted by atomic mass is 32.2. The van der Waals surface area contributed by atoms with Crippen molar-refractivity contribution in [3.05, 3.63) is 65.0 Å². The Morgan fingerprint density at radius 1 is 0.897 bits per heavy atom. The van der Waals surface area contributed by atoms with E-state index in [2.05, 4.69) is 9.71 Å². The van der Waals surface area contributed by atoms with Crippen LogP contribution in [0.1, 0.15) is 49.2 Å². The maximum atomic E-state index is 13.4. The van der Waals surface area contributed by atoms with Crippen molar-refractivity contribution >= 4 is 10.0 Å². The predicted octanol–water partition coefficient (Wildman–Crippen LogP) is 4.93. The highest BCUT2D eigenvalue weighted by molar-refractivity contribution is 7.90. The van der Waals surface area contributed by atoms with E-state index in [1.807, 2.05) is 0 Å². The average molecular weight is 440 g/mol. The summed E-state index contributed by atoms with van der Waals surface area (Å²) in [7, 11) is -4.17. The minimum Gasteiger partial charge on any atom is -0.259 e. The summed E-state index contributed by atoms with van der Waals surface area (Å²) >= 11 is 0. The van der Waals surface area contributed by atoms with Crippen LogP contribution in [0.5, 0.6) is 0 Å². The normalized spacial score (nSPS) is 14.7. The number of aromatic nitrogens is 1. The summed E-state index contributed by atoms with van der Waals surface area (Å²) in [5, 5.41) is 0. The molecule has 2 aromatic rings. The average Bonchev–Trinajstić information content (AvgIpc) is 2.57. The van der Waals surface area contributed by atoms with Gasteiger partial charge in [0.1, 0.15) is 0 Å². The molecule has 0 bridgehead atoms. The van der Waals surface area contributed by atoms with Crippen LogP contribution in [0.3, 0.4) is 0 Å². The lowest BCUT2D eigenvalue weighted by atomic mass is 9.98. The molecule has 1 aromatic carbocycles. The third kappa shape index (κ3) is 5.27. The Bertz CT molecular complexity index is 962. The summed E-state index contributed by atoms with van der Waals surface area (Å²) in [6.45, 7) is 4.01. The Kier molecular flexibility index (Phi) is 6.06. The third-order valence-electron chi connectivity index (χ3n) is 4.07. The molecule has 0 aliphatic carbocycles. The lowest BCUT2D eigenvalue weighted by Gasteiger charge is -2.27. The number of hydrogen-bond donors (Lipinski definition) is 1. The van der Waals surface area contributed by atoms with E-state index in [9.17, 15) is 34.8 Å². The molecule has 29 heavy (non-hydrogen) atoms. The SMILES string of the molecule is CC(C)(C)S(=O)(=O)N[C@@H](c1ccc(C(F)(F)F)cc1)c1ncccc1C(F)(F)F. The Hall–Kier alpha value is -2.14. The standard InChI is InChI=1S/C18H18F6N2O2S/c1-16(2,3)29(27,28)26-14(11-6-8-12(9-7-11)17(19,20)21)15-13(18(22,23)24)5-4-10-25-15/h4-10,14,26H,1-3H3/t14-/m0/s1. The molecule has 1 atom stereocenters. The van der Waals surface area contributed by atoms with Crippen LogP contribution < -0.4 is 4.72 Å². The zero-order chi connectivity index (χ0) is 22.3. The molecule has 11 heteroatoms. The third-order valence-corrected chi connectivity index (χ3v) is 6.23. The first-order valence-corrected chi connectivity index (χ1v) is 9.73. The van der Waals surface area contributed by atoms with E-state index in [1.165, 1.54) is 20.8 Å². The van der Waals surface area contributed by atoms with Crippen molar-refractivity contribution in [2.45, 2.75) is 43.9 Å². The smallest absolute Gasteiger partial charge is 0.259 e. The second kappa shape index (κ2) is 7.60. The van der Waals surface area contributed by atoms with Crippen LogP contribution >= 0.6 is 0 Å². The van der Waals surface area contributed by atoms with Gasteiger partial charge in [0, 0.05) is 6.20 Å². The summed E-state index contributed by atoms with van der Waals surface area (Å²) in [4.78, 5) is 3.69. The lowest BCUT2D eigenvalue weighted by molar-refractivity contribution is -0.139. The molecular formula is C18H18F6N2O2S. The zero-order valence-electron chi connectivity index (χ0n) is 15.6. The molecule has 0 fully saturated rings. The van der Waals surface area contributed by atoms with Crippen molar-refractivity contribution in [2.24, 2.45) is 0 Å². The van der Waals surface area contributed by atoms with Gasteiger partial charge in [0.15, 0.2) is 0 Å². The highest BCUT2D eigenvalue weighted by Gasteiger charge is 2.39. The number of alkyl halides is 6. The second-order valence-electron chi connectivity index (χ2n) is 7.22. The molecule has 0 saturated heterocycles. The quantitative estimate of drug-likeness (QED) is 0.687. The molecule has 4 nitrogen and oxygen atoms in total. The minimum absolute atomic E-state index is 0.116. The first-order chi connectivity index (χ1) is 13.0. The summed E-state index contributed by atoms with van der Waals surface area (Å²) < 4.78 is 105. The molecule has 0 spiro atoms. The van der Waals surface area contributed by atoms with Gasteiger partial charge in [0.2, 0.25) is 10.0 Å². The Balaban J connectivity index is 2.66. The van der Waals surface area contributed by atoms with E-state index < -0.39 is 50.0 Å². The topological polar surface area (TPSA) is 59.1 Å². The number of benzene rings is 1. The van der Waals surface area contributed by atoms with Crippen LogP contribution in [0.2, 0.25) is 0 Å². The van der Waals surface area contributed by atoms with Crippen LogP contribution in [0.15, 0.2) is 42.6 Å². The molecule has 0 saturated carbocycles. The van der Waals surface area contributed by atoms with Gasteiger partial charge in [-0.1, -0.05) is 12.1 Å². The summed E-state index contributed by atoms with van der Waals surface area (Å²) in [6, 6.07) is 3.31. The van der Waals surface area contributed by atoms with Crippen LogP contribution in [0.4, 0.5) is 26.3 Å².